The van der Waals surface area contributed by atoms with E-state index < -0.39 is 0 Å². The summed E-state index contributed by atoms with van der Waals surface area (Å²) < 4.78 is 1.09. The van der Waals surface area contributed by atoms with E-state index in [9.17, 15) is 14.4 Å². The van der Waals surface area contributed by atoms with Crippen molar-refractivity contribution in [2.24, 2.45) is 52.3 Å². The van der Waals surface area contributed by atoms with Crippen LogP contribution in [0.15, 0.2) is 15.9 Å². The number of halogens is 1. The van der Waals surface area contributed by atoms with Gasteiger partial charge in [-0.05, 0) is 107 Å². The van der Waals surface area contributed by atoms with Gasteiger partial charge in [-0.25, -0.2) is 0 Å². The molecular weight excluding hydrogens is 546 g/mol. The van der Waals surface area contributed by atoms with Crippen molar-refractivity contribution in [3.63, 3.8) is 0 Å². The third kappa shape index (κ3) is 4.81. The van der Waals surface area contributed by atoms with Gasteiger partial charge in [-0.15, -0.1) is 11.3 Å². The molecule has 0 aromatic carbocycles. The number of thiophene rings is 1. The second-order valence-corrected chi connectivity index (χ2v) is 16.2. The van der Waals surface area contributed by atoms with Gasteiger partial charge in [-0.3, -0.25) is 14.4 Å². The van der Waals surface area contributed by atoms with Crippen LogP contribution in [0.25, 0.3) is 0 Å². The molecule has 1 aromatic heterocycles. The van der Waals surface area contributed by atoms with Crippen LogP contribution in [0.2, 0.25) is 0 Å². The van der Waals surface area contributed by atoms with Gasteiger partial charge >= 0.3 is 0 Å². The molecule has 5 unspecified atom stereocenters. The van der Waals surface area contributed by atoms with E-state index in [2.05, 4.69) is 68.0 Å². The molecule has 0 aliphatic heterocycles. The second kappa shape index (κ2) is 10.2. The van der Waals surface area contributed by atoms with Crippen LogP contribution < -0.4 is 5.32 Å². The Morgan fingerprint density at radius 1 is 1.05 bits per heavy atom. The number of carbonyl (C=O) groups is 3. The fourth-order valence-electron chi connectivity index (χ4n) is 9.43. The van der Waals surface area contributed by atoms with Gasteiger partial charge in [0.1, 0.15) is 11.6 Å². The van der Waals surface area contributed by atoms with Gasteiger partial charge in [0.25, 0.3) is 0 Å². The summed E-state index contributed by atoms with van der Waals surface area (Å²) in [4.78, 5) is 40.3. The number of fused-ring (bicyclic) bond motifs is 5. The summed E-state index contributed by atoms with van der Waals surface area (Å²) in [6.07, 6.45) is 7.91. The molecule has 4 nitrogen and oxygen atoms in total. The fourth-order valence-corrected chi connectivity index (χ4v) is 11.1. The van der Waals surface area contributed by atoms with Crippen LogP contribution in [-0.4, -0.2) is 17.5 Å². The lowest BCUT2D eigenvalue weighted by atomic mass is 9.44. The quantitative estimate of drug-likeness (QED) is 0.368. The fraction of sp³-hybridized carbons (Fsp3) is 0.774. The standard InChI is InChI=1S/C31H44BrNO3S/c1-17(2)29(25-8-9-26(32)37-25)33-27(36)14-18(3)21-6-7-22-28-23(11-13-31(21,22)5)30(4)12-10-20(34)15-19(30)16-24(28)35/h8-9,17-19,21-23,28-29H,6-7,10-16H2,1-5H3,(H,33,36)/t18-,19?,21?,22+,23+,28?,29+,30?,31?/m1/s1. The number of Topliss-reactive ketones (excluding diaryl/α,β-unsaturated/α-hetero) is 2. The van der Waals surface area contributed by atoms with E-state index in [4.69, 9.17) is 0 Å². The van der Waals surface area contributed by atoms with Crippen LogP contribution in [0.1, 0.15) is 103 Å². The summed E-state index contributed by atoms with van der Waals surface area (Å²) >= 11 is 5.25. The minimum Gasteiger partial charge on any atom is -0.348 e. The number of amides is 1. The number of carbonyl (C=O) groups excluding carboxylic acids is 3. The number of hydrogen-bond acceptors (Lipinski definition) is 4. The molecule has 1 aromatic rings. The van der Waals surface area contributed by atoms with Gasteiger partial charge in [0.15, 0.2) is 0 Å². The van der Waals surface area contributed by atoms with Crippen molar-refractivity contribution < 1.29 is 14.4 Å². The third-order valence-electron chi connectivity index (χ3n) is 11.4. The van der Waals surface area contributed by atoms with Gasteiger partial charge in [-0.1, -0.05) is 34.6 Å². The molecule has 37 heavy (non-hydrogen) atoms. The van der Waals surface area contributed by atoms with Gasteiger partial charge in [0, 0.05) is 36.5 Å². The van der Waals surface area contributed by atoms with E-state index in [1.54, 1.807) is 11.3 Å². The maximum atomic E-state index is 13.6. The molecule has 4 aliphatic rings. The average Bonchev–Trinajstić information content (AvgIpc) is 3.41. The zero-order valence-corrected chi connectivity index (χ0v) is 25.6. The first-order valence-electron chi connectivity index (χ1n) is 14.5. The largest absolute Gasteiger partial charge is 0.348 e. The molecule has 1 N–H and O–H groups in total. The van der Waals surface area contributed by atoms with Crippen molar-refractivity contribution in [3.8, 4) is 0 Å². The van der Waals surface area contributed by atoms with Crippen LogP contribution in [0.3, 0.4) is 0 Å². The Labute approximate surface area is 235 Å². The molecule has 1 amide bonds. The highest BCUT2D eigenvalue weighted by molar-refractivity contribution is 9.11. The first-order chi connectivity index (χ1) is 17.4. The monoisotopic (exact) mass is 589 g/mol. The molecule has 0 saturated heterocycles. The molecule has 1 heterocycles. The lowest BCUT2D eigenvalue weighted by molar-refractivity contribution is -0.159. The molecule has 6 heteroatoms. The second-order valence-electron chi connectivity index (χ2n) is 13.7. The number of nitrogens with one attached hydrogen (secondary N) is 1. The molecule has 5 rings (SSSR count). The zero-order chi connectivity index (χ0) is 26.7. The highest BCUT2D eigenvalue weighted by atomic mass is 79.9. The highest BCUT2D eigenvalue weighted by Crippen LogP contribution is 2.67. The average molecular weight is 591 g/mol. The third-order valence-corrected chi connectivity index (χ3v) is 13.1. The predicted molar refractivity (Wildman–Crippen MR) is 152 cm³/mol. The number of ketones is 2. The van der Waals surface area contributed by atoms with Crippen LogP contribution >= 0.6 is 27.3 Å². The lowest BCUT2D eigenvalue weighted by Crippen LogP contribution is -2.57. The van der Waals surface area contributed by atoms with Crippen LogP contribution in [0.4, 0.5) is 0 Å². The van der Waals surface area contributed by atoms with Crippen molar-refractivity contribution in [3.05, 3.63) is 20.8 Å². The zero-order valence-electron chi connectivity index (χ0n) is 23.1. The Morgan fingerprint density at radius 2 is 1.78 bits per heavy atom. The van der Waals surface area contributed by atoms with Gasteiger partial charge in [0.2, 0.25) is 5.91 Å². The van der Waals surface area contributed by atoms with Crippen molar-refractivity contribution in [2.45, 2.75) is 98.4 Å². The Kier molecular flexibility index (Phi) is 7.59. The van der Waals surface area contributed by atoms with Crippen molar-refractivity contribution in [2.75, 3.05) is 0 Å². The van der Waals surface area contributed by atoms with E-state index in [0.29, 0.717) is 66.8 Å². The summed E-state index contributed by atoms with van der Waals surface area (Å²) in [6.45, 7) is 11.4. The van der Waals surface area contributed by atoms with E-state index in [-0.39, 0.29) is 34.6 Å². The number of hydrogen-bond donors (Lipinski definition) is 1. The summed E-state index contributed by atoms with van der Waals surface area (Å²) in [5, 5.41) is 3.35. The van der Waals surface area contributed by atoms with E-state index in [0.717, 1.165) is 35.9 Å². The first kappa shape index (κ1) is 27.6. The Balaban J connectivity index is 1.28. The smallest absolute Gasteiger partial charge is 0.220 e. The molecule has 0 radical (unpaired) electrons. The molecule has 204 valence electrons. The van der Waals surface area contributed by atoms with Crippen molar-refractivity contribution >= 4 is 44.7 Å². The normalized spacial score (nSPS) is 39.1. The maximum Gasteiger partial charge on any atom is 0.220 e. The van der Waals surface area contributed by atoms with Crippen molar-refractivity contribution in [1.29, 1.82) is 0 Å². The summed E-state index contributed by atoms with van der Waals surface area (Å²) in [5.41, 5.74) is 0.264. The Bertz CT molecular complexity index is 1070. The van der Waals surface area contributed by atoms with E-state index >= 15 is 0 Å². The molecule has 9 atom stereocenters. The van der Waals surface area contributed by atoms with Crippen LogP contribution in [-0.2, 0) is 14.4 Å². The minimum absolute atomic E-state index is 0.0364. The van der Waals surface area contributed by atoms with Crippen LogP contribution in [0, 0.1) is 52.3 Å². The lowest BCUT2D eigenvalue weighted by Gasteiger charge is -2.59. The molecular formula is C31H44BrNO3S. The molecule has 4 fully saturated rings. The highest BCUT2D eigenvalue weighted by Gasteiger charge is 2.63. The van der Waals surface area contributed by atoms with Crippen molar-refractivity contribution in [1.82, 2.24) is 5.32 Å². The molecule has 0 spiro atoms. The van der Waals surface area contributed by atoms with Gasteiger partial charge in [-0.2, -0.15) is 0 Å². The first-order valence-corrected chi connectivity index (χ1v) is 16.1. The van der Waals surface area contributed by atoms with E-state index in [1.807, 2.05) is 0 Å². The molecule has 0 bridgehead atoms. The van der Waals surface area contributed by atoms with Gasteiger partial charge in [0.05, 0.1) is 9.83 Å². The Hall–Kier alpha value is -1.01. The summed E-state index contributed by atoms with van der Waals surface area (Å²) in [5.74, 6) is 3.30. The van der Waals surface area contributed by atoms with Crippen LogP contribution in [0.5, 0.6) is 0 Å². The number of rotatable bonds is 6. The SMILES string of the molecule is CC(C)[C@H](NC(=O)C[C@@H](C)C1CC[C@H]2C3C(=O)CC4CC(=O)CCC4(C)[C@H]3CCC12C)c1ccc(Br)s1. The topological polar surface area (TPSA) is 63.2 Å². The maximum absolute atomic E-state index is 13.6. The summed E-state index contributed by atoms with van der Waals surface area (Å²) in [7, 11) is 0. The molecule has 4 aliphatic carbocycles. The predicted octanol–water partition coefficient (Wildman–Crippen LogP) is 7.76. The minimum atomic E-state index is 0.0364. The van der Waals surface area contributed by atoms with Gasteiger partial charge < -0.3 is 5.32 Å². The Morgan fingerprint density at radius 3 is 2.46 bits per heavy atom. The molecule has 4 saturated carbocycles. The summed E-state index contributed by atoms with van der Waals surface area (Å²) in [6, 6.07) is 4.20. The van der Waals surface area contributed by atoms with E-state index in [1.165, 1.54) is 4.88 Å².